The summed E-state index contributed by atoms with van der Waals surface area (Å²) >= 11 is 0. The highest BCUT2D eigenvalue weighted by molar-refractivity contribution is 5.89. The molecule has 2 aliphatic rings. The van der Waals surface area contributed by atoms with Gasteiger partial charge in [0.15, 0.2) is 0 Å². The Morgan fingerprint density at radius 2 is 2.05 bits per heavy atom. The van der Waals surface area contributed by atoms with Crippen molar-refractivity contribution in [1.82, 2.24) is 0 Å². The largest absolute Gasteiger partial charge is 0.458 e. The van der Waals surface area contributed by atoms with Crippen molar-refractivity contribution >= 4 is 5.97 Å². The fourth-order valence-corrected chi connectivity index (χ4v) is 3.51. The van der Waals surface area contributed by atoms with Gasteiger partial charge < -0.3 is 4.74 Å². The van der Waals surface area contributed by atoms with E-state index in [1.54, 1.807) is 0 Å². The standard InChI is InChI=1S/C18H22O2/c1-18-11-6-5-9-15(18)13-16(10-12-18)20-17(19)14-7-3-2-4-8-14/h2-4,7-9,16H,5-6,10-13H2,1H3/t16-,18-/m0/s1. The summed E-state index contributed by atoms with van der Waals surface area (Å²) < 4.78 is 5.69. The van der Waals surface area contributed by atoms with E-state index in [1.165, 1.54) is 24.8 Å². The van der Waals surface area contributed by atoms with Crippen LogP contribution in [0.5, 0.6) is 0 Å². The molecule has 0 aromatic heterocycles. The summed E-state index contributed by atoms with van der Waals surface area (Å²) in [6, 6.07) is 9.29. The first-order valence-corrected chi connectivity index (χ1v) is 7.63. The molecule has 3 rings (SSSR count). The number of carbonyl (C=O) groups excluding carboxylic acids is 1. The van der Waals surface area contributed by atoms with Gasteiger partial charge in [0.25, 0.3) is 0 Å². The predicted molar refractivity (Wildman–Crippen MR) is 79.5 cm³/mol. The number of benzene rings is 1. The van der Waals surface area contributed by atoms with Crippen LogP contribution in [0, 0.1) is 5.41 Å². The topological polar surface area (TPSA) is 26.3 Å². The molecule has 2 nitrogen and oxygen atoms in total. The number of allylic oxidation sites excluding steroid dienone is 1. The van der Waals surface area contributed by atoms with Crippen LogP contribution in [0.3, 0.4) is 0 Å². The molecule has 1 aromatic rings. The summed E-state index contributed by atoms with van der Waals surface area (Å²) in [5, 5.41) is 0. The van der Waals surface area contributed by atoms with Crippen molar-refractivity contribution < 1.29 is 9.53 Å². The molecule has 2 heteroatoms. The SMILES string of the molecule is C[C@@]12CCCC=C1C[C@@H](OC(=O)c1ccccc1)CC2. The van der Waals surface area contributed by atoms with E-state index in [1.807, 2.05) is 30.3 Å². The molecule has 0 aliphatic heterocycles. The van der Waals surface area contributed by atoms with E-state index < -0.39 is 0 Å². The molecule has 1 saturated carbocycles. The molecule has 0 unspecified atom stereocenters. The maximum Gasteiger partial charge on any atom is 0.338 e. The fraction of sp³-hybridized carbons (Fsp3) is 0.500. The zero-order valence-corrected chi connectivity index (χ0v) is 12.1. The Labute approximate surface area is 120 Å². The summed E-state index contributed by atoms with van der Waals surface area (Å²) in [4.78, 5) is 12.1. The minimum atomic E-state index is -0.185. The van der Waals surface area contributed by atoms with Gasteiger partial charge in [-0.1, -0.05) is 36.8 Å². The highest BCUT2D eigenvalue weighted by Crippen LogP contribution is 2.47. The Morgan fingerprint density at radius 1 is 1.25 bits per heavy atom. The van der Waals surface area contributed by atoms with Gasteiger partial charge in [0.2, 0.25) is 0 Å². The predicted octanol–water partition coefficient (Wildman–Crippen LogP) is 4.51. The second kappa shape index (κ2) is 5.43. The average molecular weight is 270 g/mol. The van der Waals surface area contributed by atoms with Crippen LogP contribution >= 0.6 is 0 Å². The zero-order valence-electron chi connectivity index (χ0n) is 12.1. The Bertz CT molecular complexity index is 517. The lowest BCUT2D eigenvalue weighted by Crippen LogP contribution is -2.33. The van der Waals surface area contributed by atoms with E-state index in [-0.39, 0.29) is 12.1 Å². The van der Waals surface area contributed by atoms with E-state index >= 15 is 0 Å². The summed E-state index contributed by atoms with van der Waals surface area (Å²) in [7, 11) is 0. The van der Waals surface area contributed by atoms with Gasteiger partial charge in [-0.3, -0.25) is 0 Å². The number of ether oxygens (including phenoxy) is 1. The van der Waals surface area contributed by atoms with Crippen molar-refractivity contribution in [2.24, 2.45) is 5.41 Å². The first-order chi connectivity index (χ1) is 9.67. The first kappa shape index (κ1) is 13.4. The quantitative estimate of drug-likeness (QED) is 0.583. The maximum atomic E-state index is 12.1. The molecule has 20 heavy (non-hydrogen) atoms. The molecule has 0 bridgehead atoms. The number of carbonyl (C=O) groups is 1. The normalized spacial score (nSPS) is 29.2. The Kier molecular flexibility index (Phi) is 3.64. The van der Waals surface area contributed by atoms with Gasteiger partial charge in [0.05, 0.1) is 5.56 Å². The van der Waals surface area contributed by atoms with Gasteiger partial charge in [-0.15, -0.1) is 0 Å². The lowest BCUT2D eigenvalue weighted by atomic mass is 9.65. The molecule has 1 fully saturated rings. The van der Waals surface area contributed by atoms with Crippen LogP contribution in [0.4, 0.5) is 0 Å². The molecule has 2 aliphatic carbocycles. The lowest BCUT2D eigenvalue weighted by molar-refractivity contribution is 0.0173. The number of hydrogen-bond acceptors (Lipinski definition) is 2. The number of hydrogen-bond donors (Lipinski definition) is 0. The monoisotopic (exact) mass is 270 g/mol. The fourth-order valence-electron chi connectivity index (χ4n) is 3.51. The van der Waals surface area contributed by atoms with Crippen LogP contribution in [0.15, 0.2) is 42.0 Å². The molecular weight excluding hydrogens is 248 g/mol. The second-order valence-corrected chi connectivity index (χ2v) is 6.32. The van der Waals surface area contributed by atoms with Crippen molar-refractivity contribution in [3.8, 4) is 0 Å². The first-order valence-electron chi connectivity index (χ1n) is 7.63. The van der Waals surface area contributed by atoms with Crippen molar-refractivity contribution in [3.63, 3.8) is 0 Å². The van der Waals surface area contributed by atoms with Crippen molar-refractivity contribution in [2.75, 3.05) is 0 Å². The van der Waals surface area contributed by atoms with Crippen LogP contribution in [-0.4, -0.2) is 12.1 Å². The molecule has 2 atom stereocenters. The van der Waals surface area contributed by atoms with E-state index in [4.69, 9.17) is 4.74 Å². The minimum absolute atomic E-state index is 0.0557. The van der Waals surface area contributed by atoms with Crippen LogP contribution in [0.25, 0.3) is 0 Å². The van der Waals surface area contributed by atoms with E-state index in [0.717, 1.165) is 19.3 Å². The Balaban J connectivity index is 1.66. The molecule has 0 amide bonds. The number of rotatable bonds is 2. The molecule has 1 aromatic carbocycles. The molecule has 0 heterocycles. The maximum absolute atomic E-state index is 12.1. The van der Waals surface area contributed by atoms with E-state index in [0.29, 0.717) is 11.0 Å². The zero-order chi connectivity index (χ0) is 14.0. The van der Waals surface area contributed by atoms with Gasteiger partial charge in [0.1, 0.15) is 6.10 Å². The van der Waals surface area contributed by atoms with Crippen LogP contribution in [0.1, 0.15) is 55.8 Å². The van der Waals surface area contributed by atoms with Crippen molar-refractivity contribution in [3.05, 3.63) is 47.5 Å². The third-order valence-corrected chi connectivity index (χ3v) is 4.85. The van der Waals surface area contributed by atoms with Gasteiger partial charge in [-0.2, -0.15) is 0 Å². The highest BCUT2D eigenvalue weighted by atomic mass is 16.5. The van der Waals surface area contributed by atoms with Crippen LogP contribution in [-0.2, 0) is 4.74 Å². The number of esters is 1. The molecule has 0 spiro atoms. The summed E-state index contributed by atoms with van der Waals surface area (Å²) in [5.74, 6) is -0.185. The molecule has 0 radical (unpaired) electrons. The third-order valence-electron chi connectivity index (χ3n) is 4.85. The summed E-state index contributed by atoms with van der Waals surface area (Å²) in [5.41, 5.74) is 2.53. The van der Waals surface area contributed by atoms with Gasteiger partial charge >= 0.3 is 5.97 Å². The van der Waals surface area contributed by atoms with E-state index in [9.17, 15) is 4.79 Å². The number of fused-ring (bicyclic) bond motifs is 1. The smallest absolute Gasteiger partial charge is 0.338 e. The molecule has 0 N–H and O–H groups in total. The molecular formula is C18H22O2. The summed E-state index contributed by atoms with van der Waals surface area (Å²) in [6.45, 7) is 2.37. The minimum Gasteiger partial charge on any atom is -0.458 e. The highest BCUT2D eigenvalue weighted by Gasteiger charge is 2.37. The Hall–Kier alpha value is -1.57. The Morgan fingerprint density at radius 3 is 2.85 bits per heavy atom. The lowest BCUT2D eigenvalue weighted by Gasteiger charge is -2.42. The average Bonchev–Trinajstić information content (AvgIpc) is 2.48. The van der Waals surface area contributed by atoms with Crippen LogP contribution < -0.4 is 0 Å². The van der Waals surface area contributed by atoms with Gasteiger partial charge in [-0.25, -0.2) is 4.79 Å². The van der Waals surface area contributed by atoms with Crippen molar-refractivity contribution in [2.45, 2.75) is 51.6 Å². The van der Waals surface area contributed by atoms with Crippen molar-refractivity contribution in [1.29, 1.82) is 0 Å². The van der Waals surface area contributed by atoms with Gasteiger partial charge in [-0.05, 0) is 49.7 Å². The third kappa shape index (κ3) is 2.65. The van der Waals surface area contributed by atoms with Crippen LogP contribution in [0.2, 0.25) is 0 Å². The molecule has 106 valence electrons. The molecule has 0 saturated heterocycles. The van der Waals surface area contributed by atoms with Gasteiger partial charge in [0, 0.05) is 6.42 Å². The van der Waals surface area contributed by atoms with E-state index in [2.05, 4.69) is 13.0 Å². The summed E-state index contributed by atoms with van der Waals surface area (Å²) in [6.07, 6.45) is 9.27. The second-order valence-electron chi connectivity index (χ2n) is 6.32.